The number of carboxylic acids is 1. The molecule has 0 aliphatic heterocycles. The van der Waals surface area contributed by atoms with Crippen LogP contribution in [-0.4, -0.2) is 32.8 Å². The third kappa shape index (κ3) is 1.91. The van der Waals surface area contributed by atoms with E-state index in [1.165, 1.54) is 17.8 Å². The van der Waals surface area contributed by atoms with E-state index >= 15 is 0 Å². The molecule has 1 amide bonds. The first kappa shape index (κ1) is 10.7. The Hall–Kier alpha value is -1.85. The summed E-state index contributed by atoms with van der Waals surface area (Å²) in [5.41, 5.74) is 0.172. The highest BCUT2D eigenvalue weighted by Crippen LogP contribution is 2.18. The van der Waals surface area contributed by atoms with E-state index in [9.17, 15) is 9.59 Å². The summed E-state index contributed by atoms with van der Waals surface area (Å²) in [7, 11) is 1.50. The zero-order valence-electron chi connectivity index (χ0n) is 8.93. The predicted octanol–water partition coefficient (Wildman–Crippen LogP) is 0.401. The van der Waals surface area contributed by atoms with Crippen LogP contribution in [0, 0.1) is 0 Å². The number of carboxylic acid groups (broad SMARTS) is 1. The summed E-state index contributed by atoms with van der Waals surface area (Å²) < 4.78 is 1.19. The highest BCUT2D eigenvalue weighted by molar-refractivity contribution is 5.95. The normalized spacial score (nSPS) is 15.6. The first-order valence-corrected chi connectivity index (χ1v) is 5.16. The van der Waals surface area contributed by atoms with Crippen molar-refractivity contribution >= 4 is 11.9 Å². The lowest BCUT2D eigenvalue weighted by atomic mass is 9.93. The van der Waals surface area contributed by atoms with Crippen molar-refractivity contribution in [1.29, 1.82) is 0 Å². The summed E-state index contributed by atoms with van der Waals surface area (Å²) in [5, 5.41) is 15.5. The summed E-state index contributed by atoms with van der Waals surface area (Å²) >= 11 is 0. The van der Waals surface area contributed by atoms with Crippen LogP contribution in [0.4, 0.5) is 0 Å². The van der Waals surface area contributed by atoms with Crippen LogP contribution in [0.25, 0.3) is 0 Å². The number of aryl methyl sites for hydroxylation is 1. The molecule has 0 unspecified atom stereocenters. The van der Waals surface area contributed by atoms with Gasteiger partial charge < -0.3 is 10.4 Å². The molecule has 0 atom stereocenters. The SMILES string of the molecule is Cn1nc(C(=O)NC2CCC2)cc1C(=O)O. The highest BCUT2D eigenvalue weighted by atomic mass is 16.4. The fourth-order valence-electron chi connectivity index (χ4n) is 1.59. The Morgan fingerprint density at radius 2 is 2.25 bits per heavy atom. The van der Waals surface area contributed by atoms with Gasteiger partial charge in [-0.05, 0) is 19.3 Å². The van der Waals surface area contributed by atoms with Gasteiger partial charge >= 0.3 is 5.97 Å². The second kappa shape index (κ2) is 3.96. The van der Waals surface area contributed by atoms with Crippen molar-refractivity contribution in [1.82, 2.24) is 15.1 Å². The van der Waals surface area contributed by atoms with E-state index in [2.05, 4.69) is 10.4 Å². The van der Waals surface area contributed by atoms with E-state index in [1.807, 2.05) is 0 Å². The van der Waals surface area contributed by atoms with Gasteiger partial charge in [-0.3, -0.25) is 9.48 Å². The molecule has 1 saturated carbocycles. The van der Waals surface area contributed by atoms with E-state index in [-0.39, 0.29) is 23.3 Å². The largest absolute Gasteiger partial charge is 0.477 e. The molecule has 0 saturated heterocycles. The number of rotatable bonds is 3. The van der Waals surface area contributed by atoms with Gasteiger partial charge in [0.15, 0.2) is 5.69 Å². The summed E-state index contributed by atoms with van der Waals surface area (Å²) in [4.78, 5) is 22.4. The van der Waals surface area contributed by atoms with Gasteiger partial charge in [0.1, 0.15) is 5.69 Å². The van der Waals surface area contributed by atoms with Gasteiger partial charge in [-0.1, -0.05) is 0 Å². The van der Waals surface area contributed by atoms with E-state index in [0.29, 0.717) is 0 Å². The Kier molecular flexibility index (Phi) is 2.64. The number of aromatic carboxylic acids is 1. The van der Waals surface area contributed by atoms with Crippen LogP contribution in [0.2, 0.25) is 0 Å². The van der Waals surface area contributed by atoms with Crippen LogP contribution in [0.5, 0.6) is 0 Å². The van der Waals surface area contributed by atoms with Gasteiger partial charge in [0.25, 0.3) is 5.91 Å². The van der Waals surface area contributed by atoms with Crippen molar-refractivity contribution in [3.63, 3.8) is 0 Å². The molecule has 0 aromatic carbocycles. The van der Waals surface area contributed by atoms with Gasteiger partial charge in [-0.15, -0.1) is 0 Å². The van der Waals surface area contributed by atoms with Gasteiger partial charge in [0.2, 0.25) is 0 Å². The number of nitrogens with one attached hydrogen (secondary N) is 1. The van der Waals surface area contributed by atoms with Gasteiger partial charge in [-0.25, -0.2) is 4.79 Å². The van der Waals surface area contributed by atoms with Crippen LogP contribution in [0.3, 0.4) is 0 Å². The van der Waals surface area contributed by atoms with E-state index < -0.39 is 5.97 Å². The van der Waals surface area contributed by atoms with Crippen molar-refractivity contribution in [2.24, 2.45) is 7.05 Å². The second-order valence-corrected chi connectivity index (χ2v) is 3.94. The van der Waals surface area contributed by atoms with E-state index in [1.54, 1.807) is 0 Å². The van der Waals surface area contributed by atoms with Crippen LogP contribution in [0.15, 0.2) is 6.07 Å². The Morgan fingerprint density at radius 1 is 1.56 bits per heavy atom. The fourth-order valence-corrected chi connectivity index (χ4v) is 1.59. The minimum absolute atomic E-state index is 0.0127. The molecule has 0 spiro atoms. The Morgan fingerprint density at radius 3 is 2.69 bits per heavy atom. The molecule has 2 N–H and O–H groups in total. The number of aromatic nitrogens is 2. The molecule has 1 aromatic heterocycles. The van der Waals surface area contributed by atoms with Gasteiger partial charge in [0, 0.05) is 19.2 Å². The van der Waals surface area contributed by atoms with Crippen molar-refractivity contribution in [3.8, 4) is 0 Å². The van der Waals surface area contributed by atoms with Gasteiger partial charge in [0.05, 0.1) is 0 Å². The monoisotopic (exact) mass is 223 g/mol. The topological polar surface area (TPSA) is 84.2 Å². The highest BCUT2D eigenvalue weighted by Gasteiger charge is 2.22. The fraction of sp³-hybridized carbons (Fsp3) is 0.500. The molecule has 16 heavy (non-hydrogen) atoms. The van der Waals surface area contributed by atoms with Crippen molar-refractivity contribution in [3.05, 3.63) is 17.5 Å². The number of amides is 1. The van der Waals surface area contributed by atoms with Crippen LogP contribution >= 0.6 is 0 Å². The van der Waals surface area contributed by atoms with Crippen LogP contribution in [-0.2, 0) is 7.05 Å². The van der Waals surface area contributed by atoms with Crippen LogP contribution in [0.1, 0.15) is 40.2 Å². The summed E-state index contributed by atoms with van der Waals surface area (Å²) in [5.74, 6) is -1.38. The maximum Gasteiger partial charge on any atom is 0.354 e. The molecule has 6 heteroatoms. The summed E-state index contributed by atoms with van der Waals surface area (Å²) in [6.45, 7) is 0. The molecule has 1 aliphatic carbocycles. The molecule has 1 aliphatic rings. The van der Waals surface area contributed by atoms with E-state index in [0.717, 1.165) is 19.3 Å². The van der Waals surface area contributed by atoms with Gasteiger partial charge in [-0.2, -0.15) is 5.10 Å². The van der Waals surface area contributed by atoms with Crippen molar-refractivity contribution in [2.75, 3.05) is 0 Å². The Balaban J connectivity index is 2.10. The first-order valence-electron chi connectivity index (χ1n) is 5.16. The lowest BCUT2D eigenvalue weighted by Gasteiger charge is -2.25. The quantitative estimate of drug-likeness (QED) is 0.776. The molecule has 2 rings (SSSR count). The molecular formula is C10H13N3O3. The smallest absolute Gasteiger partial charge is 0.354 e. The predicted molar refractivity (Wildman–Crippen MR) is 55.3 cm³/mol. The maximum atomic E-state index is 11.7. The summed E-state index contributed by atoms with van der Waals surface area (Å²) in [6, 6.07) is 1.51. The van der Waals surface area contributed by atoms with Crippen molar-refractivity contribution in [2.45, 2.75) is 25.3 Å². The second-order valence-electron chi connectivity index (χ2n) is 3.94. The lowest BCUT2D eigenvalue weighted by molar-refractivity contribution is 0.0684. The average molecular weight is 223 g/mol. The molecule has 86 valence electrons. The number of carbonyl (C=O) groups is 2. The molecule has 1 fully saturated rings. The minimum Gasteiger partial charge on any atom is -0.477 e. The molecule has 0 radical (unpaired) electrons. The standard InChI is InChI=1S/C10H13N3O3/c1-13-8(10(15)16)5-7(12-13)9(14)11-6-3-2-4-6/h5-6H,2-4H2,1H3,(H,11,14)(H,15,16). The molecule has 1 heterocycles. The molecule has 0 bridgehead atoms. The average Bonchev–Trinajstić information content (AvgIpc) is 2.53. The molecule has 6 nitrogen and oxygen atoms in total. The van der Waals surface area contributed by atoms with E-state index in [4.69, 9.17) is 5.11 Å². The molecule has 1 aromatic rings. The summed E-state index contributed by atoms with van der Waals surface area (Å²) in [6.07, 6.45) is 3.11. The number of hydrogen-bond donors (Lipinski definition) is 2. The van der Waals surface area contributed by atoms with Crippen LogP contribution < -0.4 is 5.32 Å². The molecular weight excluding hydrogens is 210 g/mol. The zero-order valence-corrected chi connectivity index (χ0v) is 8.93. The minimum atomic E-state index is -1.09. The third-order valence-corrected chi connectivity index (χ3v) is 2.77. The third-order valence-electron chi connectivity index (χ3n) is 2.77. The number of hydrogen-bond acceptors (Lipinski definition) is 3. The maximum absolute atomic E-state index is 11.7. The number of carbonyl (C=O) groups excluding carboxylic acids is 1. The number of nitrogens with zero attached hydrogens (tertiary/aromatic N) is 2. The van der Waals surface area contributed by atoms with Crippen molar-refractivity contribution < 1.29 is 14.7 Å². The zero-order chi connectivity index (χ0) is 11.7. The lowest BCUT2D eigenvalue weighted by Crippen LogP contribution is -2.39. The first-order chi connectivity index (χ1) is 7.58. The Bertz CT molecular complexity index is 435. The Labute approximate surface area is 92.3 Å².